The molecule has 2 saturated heterocycles. The van der Waals surface area contributed by atoms with Crippen LogP contribution < -0.4 is 15.0 Å². The Morgan fingerprint density at radius 2 is 1.86 bits per heavy atom. The Morgan fingerprint density at radius 3 is 2.50 bits per heavy atom. The average Bonchev–Trinajstić information content (AvgIpc) is 3.46. The molecule has 0 spiro atoms. The fourth-order valence-electron chi connectivity index (χ4n) is 6.63. The van der Waals surface area contributed by atoms with Crippen molar-refractivity contribution < 1.29 is 14.1 Å². The molecule has 10 heteroatoms. The highest BCUT2D eigenvalue weighted by Gasteiger charge is 2.42. The summed E-state index contributed by atoms with van der Waals surface area (Å²) in [5, 5.41) is 10.5. The molecule has 220 valence electrons. The second kappa shape index (κ2) is 11.1. The van der Waals surface area contributed by atoms with Gasteiger partial charge in [-0.25, -0.2) is 4.98 Å². The van der Waals surface area contributed by atoms with Crippen LogP contribution in [0.1, 0.15) is 86.9 Å². The number of carbonyl (C=O) groups is 1. The van der Waals surface area contributed by atoms with Crippen molar-refractivity contribution in [1.82, 2.24) is 15.5 Å². The summed E-state index contributed by atoms with van der Waals surface area (Å²) in [5.74, 6) is 2.11. The van der Waals surface area contributed by atoms with E-state index in [2.05, 4.69) is 15.4 Å². The predicted octanol–water partition coefficient (Wildman–Crippen LogP) is 8.41. The molecular weight excluding hydrogens is 591 g/mol. The third kappa shape index (κ3) is 5.21. The molecule has 1 aliphatic carbocycles. The number of aromatic nitrogens is 2. The van der Waals surface area contributed by atoms with Crippen molar-refractivity contribution in [2.24, 2.45) is 0 Å². The minimum atomic E-state index is -0.00104. The Hall–Kier alpha value is -2.65. The lowest BCUT2D eigenvalue weighted by Gasteiger charge is -2.39. The summed E-state index contributed by atoms with van der Waals surface area (Å²) in [6.07, 6.45) is 6.61. The van der Waals surface area contributed by atoms with Gasteiger partial charge >= 0.3 is 0 Å². The van der Waals surface area contributed by atoms with E-state index in [9.17, 15) is 4.79 Å². The maximum absolute atomic E-state index is 12.2. The SMILES string of the molecule is CC(=O)c1cc(OC(C)C)c2nc(N3C4CCC3CC(NCc3c(-c5c(Cl)cccc5Cl)noc3C3CC3)C4)sc2c1. The van der Waals surface area contributed by atoms with Crippen LogP contribution in [0.5, 0.6) is 5.75 Å². The molecule has 3 fully saturated rings. The fraction of sp³-hybridized carbons (Fsp3) is 0.469. The second-order valence-electron chi connectivity index (χ2n) is 12.1. The second-order valence-corrected chi connectivity index (χ2v) is 14.0. The summed E-state index contributed by atoms with van der Waals surface area (Å²) in [4.78, 5) is 19.8. The van der Waals surface area contributed by atoms with Gasteiger partial charge in [0.2, 0.25) is 0 Å². The largest absolute Gasteiger partial charge is 0.489 e. The zero-order valence-corrected chi connectivity index (χ0v) is 26.3. The molecule has 0 radical (unpaired) electrons. The summed E-state index contributed by atoms with van der Waals surface area (Å²) in [6.45, 7) is 6.26. The van der Waals surface area contributed by atoms with Gasteiger partial charge < -0.3 is 19.5 Å². The number of benzene rings is 2. The molecule has 7 rings (SSSR count). The number of ether oxygens (including phenoxy) is 1. The molecule has 42 heavy (non-hydrogen) atoms. The zero-order valence-electron chi connectivity index (χ0n) is 24.0. The average molecular weight is 626 g/mol. The molecular formula is C32H34Cl2N4O3S. The van der Waals surface area contributed by atoms with Gasteiger partial charge in [0.25, 0.3) is 0 Å². The summed E-state index contributed by atoms with van der Waals surface area (Å²) in [6, 6.07) is 10.5. The highest BCUT2D eigenvalue weighted by atomic mass is 35.5. The molecule has 2 unspecified atom stereocenters. The van der Waals surface area contributed by atoms with Crippen molar-refractivity contribution in [3.63, 3.8) is 0 Å². The third-order valence-corrected chi connectivity index (χ3v) is 10.4. The van der Waals surface area contributed by atoms with E-state index < -0.39 is 0 Å². The first-order chi connectivity index (χ1) is 20.3. The van der Waals surface area contributed by atoms with E-state index in [1.54, 1.807) is 18.3 Å². The summed E-state index contributed by atoms with van der Waals surface area (Å²) < 4.78 is 13.0. The zero-order chi connectivity index (χ0) is 29.1. The van der Waals surface area contributed by atoms with Crippen LogP contribution >= 0.6 is 34.5 Å². The first kappa shape index (κ1) is 28.1. The molecule has 4 aromatic rings. The summed E-state index contributed by atoms with van der Waals surface area (Å²) >= 11 is 14.8. The lowest BCUT2D eigenvalue weighted by atomic mass is 9.97. The Morgan fingerprint density at radius 1 is 1.14 bits per heavy atom. The number of carbonyl (C=O) groups excluding carboxylic acids is 1. The number of rotatable bonds is 9. The van der Waals surface area contributed by atoms with Gasteiger partial charge in [-0.1, -0.05) is 45.8 Å². The smallest absolute Gasteiger partial charge is 0.187 e. The van der Waals surface area contributed by atoms with Gasteiger partial charge in [-0.3, -0.25) is 4.79 Å². The Bertz CT molecular complexity index is 1630. The summed E-state index contributed by atoms with van der Waals surface area (Å²) in [7, 11) is 0. The van der Waals surface area contributed by atoms with Crippen LogP contribution in [0.4, 0.5) is 5.13 Å². The number of hydrogen-bond donors (Lipinski definition) is 1. The van der Waals surface area contributed by atoms with Crippen molar-refractivity contribution in [2.45, 2.75) is 96.0 Å². The Kier molecular flexibility index (Phi) is 7.45. The van der Waals surface area contributed by atoms with Crippen molar-refractivity contribution in [3.8, 4) is 17.0 Å². The molecule has 2 bridgehead atoms. The fourth-order valence-corrected chi connectivity index (χ4v) is 8.37. The van der Waals surface area contributed by atoms with Gasteiger partial charge in [0.15, 0.2) is 10.9 Å². The van der Waals surface area contributed by atoms with Crippen molar-refractivity contribution in [1.29, 1.82) is 0 Å². The lowest BCUT2D eigenvalue weighted by molar-refractivity contribution is 0.101. The topological polar surface area (TPSA) is 80.5 Å². The maximum Gasteiger partial charge on any atom is 0.187 e. The highest BCUT2D eigenvalue weighted by Crippen LogP contribution is 2.47. The maximum atomic E-state index is 12.2. The van der Waals surface area contributed by atoms with E-state index in [4.69, 9.17) is 37.4 Å². The van der Waals surface area contributed by atoms with Crippen LogP contribution in [0, 0.1) is 0 Å². The van der Waals surface area contributed by atoms with Crippen LogP contribution in [-0.2, 0) is 6.54 Å². The number of hydrogen-bond acceptors (Lipinski definition) is 8. The van der Waals surface area contributed by atoms with Crippen molar-refractivity contribution in [2.75, 3.05) is 4.90 Å². The van der Waals surface area contributed by atoms with Crippen LogP contribution in [0.2, 0.25) is 10.0 Å². The molecule has 1 saturated carbocycles. The molecule has 2 aliphatic heterocycles. The van der Waals surface area contributed by atoms with Gasteiger partial charge in [-0.15, -0.1) is 0 Å². The highest BCUT2D eigenvalue weighted by molar-refractivity contribution is 7.22. The van der Waals surface area contributed by atoms with Gasteiger partial charge in [-0.2, -0.15) is 0 Å². The molecule has 2 aromatic carbocycles. The van der Waals surface area contributed by atoms with Crippen LogP contribution in [-0.4, -0.2) is 40.2 Å². The third-order valence-electron chi connectivity index (χ3n) is 8.71. The minimum absolute atomic E-state index is 0.00104. The number of halogens is 2. The van der Waals surface area contributed by atoms with Crippen LogP contribution in [0.25, 0.3) is 21.5 Å². The predicted molar refractivity (Wildman–Crippen MR) is 168 cm³/mol. The van der Waals surface area contributed by atoms with E-state index in [0.29, 0.717) is 51.9 Å². The normalized spacial score (nSPS) is 22.0. The first-order valence-electron chi connectivity index (χ1n) is 14.8. The van der Waals surface area contributed by atoms with Crippen molar-refractivity contribution in [3.05, 3.63) is 57.3 Å². The number of nitrogens with one attached hydrogen (secondary N) is 1. The number of anilines is 1. The standard InChI is InChI=1S/C32H34Cl2N4O3S/c1-16(2)40-26-11-19(17(3)39)12-27-30(26)36-32(42-27)38-21-9-10-22(38)14-20(13-21)35-15-23-29(37-41-31(23)18-7-8-18)28-24(33)5-4-6-25(28)34/h4-6,11-12,16,18,20-22,35H,7-10,13-15H2,1-3H3. The van der Waals surface area contributed by atoms with E-state index >= 15 is 0 Å². The molecule has 1 N–H and O–H groups in total. The van der Waals surface area contributed by atoms with E-state index in [1.807, 2.05) is 44.2 Å². The number of piperidine rings is 1. The minimum Gasteiger partial charge on any atom is -0.489 e. The van der Waals surface area contributed by atoms with E-state index in [0.717, 1.165) is 76.5 Å². The summed E-state index contributed by atoms with van der Waals surface area (Å²) in [5.41, 5.74) is 4.08. The first-order valence-corrected chi connectivity index (χ1v) is 16.4. The van der Waals surface area contributed by atoms with Crippen molar-refractivity contribution >= 4 is 55.7 Å². The van der Waals surface area contributed by atoms with E-state index in [1.165, 1.54) is 0 Å². The van der Waals surface area contributed by atoms with Gasteiger partial charge in [-0.05, 0) is 83.6 Å². The Labute approximate surface area is 259 Å². The molecule has 2 aromatic heterocycles. The Balaban J connectivity index is 1.11. The molecule has 2 atom stereocenters. The number of Topliss-reactive ketones (excluding diaryl/α,β-unsaturated/α-hetero) is 1. The van der Waals surface area contributed by atoms with Gasteiger partial charge in [0.05, 0.1) is 20.8 Å². The lowest BCUT2D eigenvalue weighted by Crippen LogP contribution is -2.49. The van der Waals surface area contributed by atoms with Crippen LogP contribution in [0.3, 0.4) is 0 Å². The number of thiazole rings is 1. The van der Waals surface area contributed by atoms with Gasteiger partial charge in [0.1, 0.15) is 22.7 Å². The number of fused-ring (bicyclic) bond motifs is 3. The number of ketones is 1. The monoisotopic (exact) mass is 624 g/mol. The van der Waals surface area contributed by atoms with E-state index in [-0.39, 0.29) is 11.9 Å². The molecule has 7 nitrogen and oxygen atoms in total. The molecule has 3 aliphatic rings. The molecule has 4 heterocycles. The van der Waals surface area contributed by atoms with Crippen LogP contribution in [0.15, 0.2) is 34.9 Å². The van der Waals surface area contributed by atoms with Gasteiger partial charge in [0, 0.05) is 47.3 Å². The quantitative estimate of drug-likeness (QED) is 0.187. The molecule has 0 amide bonds. The number of nitrogens with zero attached hydrogens (tertiary/aromatic N) is 3.